The van der Waals surface area contributed by atoms with Gasteiger partial charge in [-0.3, -0.25) is 4.79 Å². The largest absolute Gasteiger partial charge is 0.494 e. The van der Waals surface area contributed by atoms with E-state index in [1.54, 1.807) is 19.1 Å². The molecule has 0 radical (unpaired) electrons. The first kappa shape index (κ1) is 19.5. The smallest absolute Gasteiger partial charge is 0.375 e. The fourth-order valence-corrected chi connectivity index (χ4v) is 2.90. The zero-order chi connectivity index (χ0) is 20.3. The standard InChI is InChI=1S/C22H23NO5/c1-5-26-16-8-9-19-17(11-16)15(4)21(28-19)22(25)27-12-20(24)23-18-10-13(2)6-7-14(18)3/h6-11H,5,12H2,1-4H3,(H,23,24). The lowest BCUT2D eigenvalue weighted by Crippen LogP contribution is -2.21. The van der Waals surface area contributed by atoms with Crippen molar-refractivity contribution in [3.63, 3.8) is 0 Å². The Hall–Kier alpha value is -3.28. The molecule has 0 saturated heterocycles. The number of ether oxygens (including phenoxy) is 2. The molecule has 2 aromatic carbocycles. The molecule has 0 atom stereocenters. The highest BCUT2D eigenvalue weighted by Crippen LogP contribution is 2.29. The molecule has 1 aromatic heterocycles. The van der Waals surface area contributed by atoms with Gasteiger partial charge in [0.1, 0.15) is 11.3 Å². The summed E-state index contributed by atoms with van der Waals surface area (Å²) in [6.45, 7) is 7.67. The number of esters is 1. The van der Waals surface area contributed by atoms with Crippen LogP contribution in [0.2, 0.25) is 0 Å². The third-order valence-electron chi connectivity index (χ3n) is 4.41. The van der Waals surface area contributed by atoms with Gasteiger partial charge in [0, 0.05) is 16.6 Å². The zero-order valence-electron chi connectivity index (χ0n) is 16.4. The Bertz CT molecular complexity index is 1030. The number of furan rings is 1. The number of anilines is 1. The first-order chi connectivity index (χ1) is 13.4. The Kier molecular flexibility index (Phi) is 5.68. The van der Waals surface area contributed by atoms with Gasteiger partial charge in [0.05, 0.1) is 6.61 Å². The van der Waals surface area contributed by atoms with Crippen LogP contribution >= 0.6 is 0 Å². The Morgan fingerprint density at radius 2 is 1.86 bits per heavy atom. The topological polar surface area (TPSA) is 77.8 Å². The molecule has 3 rings (SSSR count). The van der Waals surface area contributed by atoms with Crippen LogP contribution in [0.25, 0.3) is 11.0 Å². The minimum atomic E-state index is -0.678. The van der Waals surface area contributed by atoms with E-state index >= 15 is 0 Å². The fourth-order valence-electron chi connectivity index (χ4n) is 2.90. The summed E-state index contributed by atoms with van der Waals surface area (Å²) in [5.74, 6) is -0.299. The van der Waals surface area contributed by atoms with Crippen LogP contribution in [0.1, 0.15) is 34.2 Å². The lowest BCUT2D eigenvalue weighted by atomic mass is 10.1. The molecule has 1 N–H and O–H groups in total. The number of carbonyl (C=O) groups excluding carboxylic acids is 2. The summed E-state index contributed by atoms with van der Waals surface area (Å²) in [5.41, 5.74) is 3.87. The molecule has 6 nitrogen and oxygen atoms in total. The number of nitrogens with one attached hydrogen (secondary N) is 1. The number of hydrogen-bond acceptors (Lipinski definition) is 5. The van der Waals surface area contributed by atoms with Gasteiger partial charge in [-0.15, -0.1) is 0 Å². The van der Waals surface area contributed by atoms with Gasteiger partial charge >= 0.3 is 5.97 Å². The molecule has 0 saturated carbocycles. The van der Waals surface area contributed by atoms with E-state index in [9.17, 15) is 9.59 Å². The van der Waals surface area contributed by atoms with Crippen LogP contribution in [0, 0.1) is 20.8 Å². The van der Waals surface area contributed by atoms with Crippen LogP contribution in [0.15, 0.2) is 40.8 Å². The first-order valence-electron chi connectivity index (χ1n) is 9.09. The van der Waals surface area contributed by atoms with Crippen LogP contribution in [-0.4, -0.2) is 25.1 Å². The maximum atomic E-state index is 12.4. The van der Waals surface area contributed by atoms with E-state index < -0.39 is 18.5 Å². The number of amides is 1. The van der Waals surface area contributed by atoms with Crippen molar-refractivity contribution in [1.82, 2.24) is 0 Å². The lowest BCUT2D eigenvalue weighted by Gasteiger charge is -2.09. The number of rotatable bonds is 6. The van der Waals surface area contributed by atoms with Crippen molar-refractivity contribution in [3.8, 4) is 5.75 Å². The SMILES string of the molecule is CCOc1ccc2oc(C(=O)OCC(=O)Nc3cc(C)ccc3C)c(C)c2c1. The van der Waals surface area contributed by atoms with Crippen LogP contribution in [-0.2, 0) is 9.53 Å². The van der Waals surface area contributed by atoms with Crippen molar-refractivity contribution in [3.05, 3.63) is 58.8 Å². The van der Waals surface area contributed by atoms with E-state index in [1.807, 2.05) is 45.0 Å². The number of benzene rings is 2. The number of aryl methyl sites for hydroxylation is 3. The van der Waals surface area contributed by atoms with E-state index in [1.165, 1.54) is 0 Å². The van der Waals surface area contributed by atoms with Gasteiger partial charge in [-0.1, -0.05) is 12.1 Å². The second-order valence-corrected chi connectivity index (χ2v) is 6.59. The minimum absolute atomic E-state index is 0.0863. The second-order valence-electron chi connectivity index (χ2n) is 6.59. The summed E-state index contributed by atoms with van der Waals surface area (Å²) >= 11 is 0. The molecule has 146 valence electrons. The van der Waals surface area contributed by atoms with Gasteiger partial charge in [0.2, 0.25) is 5.76 Å². The first-order valence-corrected chi connectivity index (χ1v) is 9.09. The molecule has 1 heterocycles. The highest BCUT2D eigenvalue weighted by Gasteiger charge is 2.20. The van der Waals surface area contributed by atoms with Gasteiger partial charge in [0.15, 0.2) is 6.61 Å². The molecule has 0 fully saturated rings. The van der Waals surface area contributed by atoms with Crippen LogP contribution < -0.4 is 10.1 Å². The predicted octanol–water partition coefficient (Wildman–Crippen LogP) is 4.55. The molecule has 0 aliphatic carbocycles. The summed E-state index contributed by atoms with van der Waals surface area (Å²) in [6.07, 6.45) is 0. The van der Waals surface area contributed by atoms with E-state index in [-0.39, 0.29) is 5.76 Å². The Balaban J connectivity index is 1.68. The minimum Gasteiger partial charge on any atom is -0.494 e. The number of hydrogen-bond donors (Lipinski definition) is 1. The Labute approximate surface area is 163 Å². The molecule has 6 heteroatoms. The van der Waals surface area contributed by atoms with Gasteiger partial charge in [-0.25, -0.2) is 4.79 Å². The van der Waals surface area contributed by atoms with Crippen molar-refractivity contribution >= 4 is 28.5 Å². The summed E-state index contributed by atoms with van der Waals surface area (Å²) in [5, 5.41) is 3.53. The van der Waals surface area contributed by atoms with Crippen LogP contribution in [0.3, 0.4) is 0 Å². The monoisotopic (exact) mass is 381 g/mol. The van der Waals surface area contributed by atoms with Gasteiger partial charge < -0.3 is 19.2 Å². The van der Waals surface area contributed by atoms with Crippen molar-refractivity contribution in [2.45, 2.75) is 27.7 Å². The average molecular weight is 381 g/mol. The highest BCUT2D eigenvalue weighted by atomic mass is 16.5. The summed E-state index contributed by atoms with van der Waals surface area (Å²) in [7, 11) is 0. The van der Waals surface area contributed by atoms with E-state index in [2.05, 4.69) is 5.32 Å². The summed E-state index contributed by atoms with van der Waals surface area (Å²) in [6, 6.07) is 11.1. The summed E-state index contributed by atoms with van der Waals surface area (Å²) < 4.78 is 16.2. The average Bonchev–Trinajstić information content (AvgIpc) is 2.99. The Morgan fingerprint density at radius 3 is 2.61 bits per heavy atom. The Morgan fingerprint density at radius 1 is 1.07 bits per heavy atom. The fraction of sp³-hybridized carbons (Fsp3) is 0.273. The number of fused-ring (bicyclic) bond motifs is 1. The summed E-state index contributed by atoms with van der Waals surface area (Å²) in [4.78, 5) is 24.5. The molecular weight excluding hydrogens is 358 g/mol. The molecule has 28 heavy (non-hydrogen) atoms. The molecule has 1 amide bonds. The highest BCUT2D eigenvalue weighted by molar-refractivity contribution is 5.98. The second kappa shape index (κ2) is 8.17. The zero-order valence-corrected chi connectivity index (χ0v) is 16.4. The van der Waals surface area contributed by atoms with Crippen LogP contribution in [0.4, 0.5) is 5.69 Å². The van der Waals surface area contributed by atoms with Crippen molar-refractivity contribution in [2.24, 2.45) is 0 Å². The van der Waals surface area contributed by atoms with Crippen molar-refractivity contribution < 1.29 is 23.5 Å². The van der Waals surface area contributed by atoms with Crippen molar-refractivity contribution in [1.29, 1.82) is 0 Å². The predicted molar refractivity (Wildman–Crippen MR) is 107 cm³/mol. The third-order valence-corrected chi connectivity index (χ3v) is 4.41. The molecule has 0 aliphatic rings. The van der Waals surface area contributed by atoms with Gasteiger partial charge in [-0.2, -0.15) is 0 Å². The van der Waals surface area contributed by atoms with E-state index in [4.69, 9.17) is 13.9 Å². The number of carbonyl (C=O) groups is 2. The normalized spacial score (nSPS) is 10.7. The molecule has 0 bridgehead atoms. The quantitative estimate of drug-likeness (QED) is 0.634. The molecule has 3 aromatic rings. The van der Waals surface area contributed by atoms with Gasteiger partial charge in [0.25, 0.3) is 5.91 Å². The third kappa shape index (κ3) is 4.17. The van der Waals surface area contributed by atoms with Gasteiger partial charge in [-0.05, 0) is 63.1 Å². The van der Waals surface area contributed by atoms with E-state index in [0.717, 1.165) is 16.5 Å². The maximum absolute atomic E-state index is 12.4. The molecule has 0 aliphatic heterocycles. The molecule has 0 unspecified atom stereocenters. The van der Waals surface area contributed by atoms with Crippen molar-refractivity contribution in [2.75, 3.05) is 18.5 Å². The van der Waals surface area contributed by atoms with Crippen LogP contribution in [0.5, 0.6) is 5.75 Å². The lowest BCUT2D eigenvalue weighted by molar-refractivity contribution is -0.119. The maximum Gasteiger partial charge on any atom is 0.375 e. The van der Waals surface area contributed by atoms with E-state index in [0.29, 0.717) is 29.2 Å². The molecule has 0 spiro atoms. The molecular formula is C22H23NO5.